The monoisotopic (exact) mass is 470 g/mol. The van der Waals surface area contributed by atoms with Gasteiger partial charge in [-0.2, -0.15) is 0 Å². The Hall–Kier alpha value is -0.656. The third-order valence-corrected chi connectivity index (χ3v) is 16.4. The first-order chi connectivity index (χ1) is 13.9. The summed E-state index contributed by atoms with van der Waals surface area (Å²) in [6, 6.07) is 0. The highest BCUT2D eigenvalue weighted by Gasteiger charge is 2.49. The van der Waals surface area contributed by atoms with Crippen LogP contribution in [0.4, 0.5) is 0 Å². The standard InChI is InChI=1S/C24H46O5Si2/c1-14-18(28-30(10,11)23(3,4)5)22(29-31(12,13)24(6,7)8)20-15-17(2)19(27-20)16-21(25)26-9/h1,17-20,22H,15-16H2,2-13H3/t17-,18-,19+,20-,22-/m1/s1. The zero-order valence-corrected chi connectivity index (χ0v) is 23.9. The maximum absolute atomic E-state index is 11.9. The van der Waals surface area contributed by atoms with E-state index in [4.69, 9.17) is 24.7 Å². The molecule has 1 aliphatic heterocycles. The van der Waals surface area contributed by atoms with Gasteiger partial charge in [0.05, 0.1) is 25.7 Å². The smallest absolute Gasteiger partial charge is 0.308 e. The molecular formula is C24H46O5Si2. The molecule has 1 aliphatic rings. The molecular weight excluding hydrogens is 424 g/mol. The molecule has 0 aromatic heterocycles. The van der Waals surface area contributed by atoms with Gasteiger partial charge in [0.25, 0.3) is 0 Å². The largest absolute Gasteiger partial charge is 0.469 e. The van der Waals surface area contributed by atoms with Crippen LogP contribution in [-0.4, -0.2) is 54.1 Å². The predicted octanol–water partition coefficient (Wildman–Crippen LogP) is 5.76. The van der Waals surface area contributed by atoms with Crippen molar-refractivity contribution in [2.24, 2.45) is 5.92 Å². The zero-order chi connectivity index (χ0) is 24.4. The summed E-state index contributed by atoms with van der Waals surface area (Å²) in [7, 11) is -2.87. The summed E-state index contributed by atoms with van der Waals surface area (Å²) >= 11 is 0. The quantitative estimate of drug-likeness (QED) is 0.256. The van der Waals surface area contributed by atoms with Crippen molar-refractivity contribution in [1.82, 2.24) is 0 Å². The molecule has 1 saturated heterocycles. The molecule has 7 heteroatoms. The van der Waals surface area contributed by atoms with Gasteiger partial charge in [-0.15, -0.1) is 6.42 Å². The number of carbonyl (C=O) groups excluding carboxylic acids is 1. The molecule has 0 saturated carbocycles. The fourth-order valence-corrected chi connectivity index (χ4v) is 5.68. The lowest BCUT2D eigenvalue weighted by Crippen LogP contribution is -2.55. The average Bonchev–Trinajstić information content (AvgIpc) is 2.96. The number of carbonyl (C=O) groups is 1. The van der Waals surface area contributed by atoms with Gasteiger partial charge < -0.3 is 18.3 Å². The number of rotatable bonds is 8. The van der Waals surface area contributed by atoms with Crippen LogP contribution in [0.25, 0.3) is 0 Å². The summed E-state index contributed by atoms with van der Waals surface area (Å²) in [6.45, 7) is 24.2. The van der Waals surface area contributed by atoms with Crippen molar-refractivity contribution < 1.29 is 23.1 Å². The molecule has 0 spiro atoms. The van der Waals surface area contributed by atoms with E-state index in [1.165, 1.54) is 7.11 Å². The molecule has 0 aliphatic carbocycles. The van der Waals surface area contributed by atoms with E-state index in [0.717, 1.165) is 6.42 Å². The summed E-state index contributed by atoms with van der Waals surface area (Å²) in [5.74, 6) is 2.85. The Morgan fingerprint density at radius 1 is 1.06 bits per heavy atom. The number of esters is 1. The van der Waals surface area contributed by atoms with E-state index in [9.17, 15) is 4.79 Å². The van der Waals surface area contributed by atoms with Crippen molar-refractivity contribution in [1.29, 1.82) is 0 Å². The minimum absolute atomic E-state index is 0.0248. The maximum atomic E-state index is 11.9. The van der Waals surface area contributed by atoms with Crippen LogP contribution < -0.4 is 0 Å². The normalized spacial score (nSPS) is 25.1. The van der Waals surface area contributed by atoms with Crippen LogP contribution in [-0.2, 0) is 23.1 Å². The molecule has 5 nitrogen and oxygen atoms in total. The highest BCUT2D eigenvalue weighted by molar-refractivity contribution is 6.74. The van der Waals surface area contributed by atoms with Gasteiger partial charge in [0.1, 0.15) is 12.2 Å². The summed E-state index contributed by atoms with van der Waals surface area (Å²) in [5.41, 5.74) is 0. The predicted molar refractivity (Wildman–Crippen MR) is 132 cm³/mol. The molecule has 0 radical (unpaired) electrons. The van der Waals surface area contributed by atoms with E-state index in [2.05, 4.69) is 80.6 Å². The molecule has 0 aromatic carbocycles. The third kappa shape index (κ3) is 7.16. The minimum atomic E-state index is -2.15. The second-order valence-corrected chi connectivity index (χ2v) is 21.5. The van der Waals surface area contributed by atoms with Crippen LogP contribution in [0.15, 0.2) is 0 Å². The van der Waals surface area contributed by atoms with Gasteiger partial charge in [-0.05, 0) is 48.6 Å². The Balaban J connectivity index is 3.26. The molecule has 0 N–H and O–H groups in total. The van der Waals surface area contributed by atoms with Crippen molar-refractivity contribution >= 4 is 22.6 Å². The Bertz CT molecular complexity index is 654. The zero-order valence-electron chi connectivity index (χ0n) is 21.9. The second-order valence-electron chi connectivity index (χ2n) is 12.0. The number of terminal acetylenes is 1. The number of ether oxygens (including phenoxy) is 2. The fourth-order valence-electron chi connectivity index (χ4n) is 3.18. The topological polar surface area (TPSA) is 54.0 Å². The molecule has 31 heavy (non-hydrogen) atoms. The Morgan fingerprint density at radius 3 is 1.97 bits per heavy atom. The minimum Gasteiger partial charge on any atom is -0.469 e. The Labute approximate surface area is 193 Å². The van der Waals surface area contributed by atoms with Crippen LogP contribution in [0, 0.1) is 18.3 Å². The van der Waals surface area contributed by atoms with Crippen LogP contribution in [0.1, 0.15) is 61.3 Å². The van der Waals surface area contributed by atoms with Crippen molar-refractivity contribution in [3.8, 4) is 12.3 Å². The summed E-state index contributed by atoms with van der Waals surface area (Å²) < 4.78 is 24.8. The van der Waals surface area contributed by atoms with Gasteiger partial charge in [-0.1, -0.05) is 54.4 Å². The average molecular weight is 471 g/mol. The third-order valence-electron chi connectivity index (χ3n) is 7.48. The van der Waals surface area contributed by atoms with Gasteiger partial charge in [-0.3, -0.25) is 4.79 Å². The van der Waals surface area contributed by atoms with E-state index in [1.807, 2.05) is 0 Å². The fraction of sp³-hybridized carbons (Fsp3) is 0.875. The van der Waals surface area contributed by atoms with E-state index < -0.39 is 22.7 Å². The Kier molecular flexibility index (Phi) is 9.23. The van der Waals surface area contributed by atoms with Crippen molar-refractivity contribution in [3.63, 3.8) is 0 Å². The SMILES string of the molecule is C#C[C@@H](O[Si](C)(C)C(C)(C)C)[C@@H](O[Si](C)(C)C(C)(C)C)[C@H]1C[C@@H](C)[C@H](CC(=O)OC)O1. The highest BCUT2D eigenvalue weighted by atomic mass is 28.4. The highest BCUT2D eigenvalue weighted by Crippen LogP contribution is 2.43. The van der Waals surface area contributed by atoms with Gasteiger partial charge in [0, 0.05) is 0 Å². The van der Waals surface area contributed by atoms with Crippen molar-refractivity contribution in [2.45, 2.75) is 122 Å². The van der Waals surface area contributed by atoms with E-state index in [-0.39, 0.29) is 46.7 Å². The van der Waals surface area contributed by atoms with Crippen LogP contribution in [0.5, 0.6) is 0 Å². The van der Waals surface area contributed by atoms with Gasteiger partial charge >= 0.3 is 5.97 Å². The first-order valence-electron chi connectivity index (χ1n) is 11.4. The first-order valence-corrected chi connectivity index (χ1v) is 17.2. The van der Waals surface area contributed by atoms with Gasteiger partial charge in [0.2, 0.25) is 0 Å². The van der Waals surface area contributed by atoms with Crippen molar-refractivity contribution in [3.05, 3.63) is 0 Å². The summed E-state index contributed by atoms with van der Waals surface area (Å²) in [4.78, 5) is 11.9. The summed E-state index contributed by atoms with van der Waals surface area (Å²) in [5, 5.41) is 0.0535. The number of methoxy groups -OCH3 is 1. The molecule has 1 heterocycles. The molecule has 0 unspecified atom stereocenters. The molecule has 1 fully saturated rings. The van der Waals surface area contributed by atoms with Crippen LogP contribution in [0.2, 0.25) is 36.3 Å². The molecule has 1 rings (SSSR count). The van der Waals surface area contributed by atoms with Crippen LogP contribution in [0.3, 0.4) is 0 Å². The summed E-state index contributed by atoms with van der Waals surface area (Å²) in [6.07, 6.45) is 5.78. The lowest BCUT2D eigenvalue weighted by Gasteiger charge is -2.45. The lowest BCUT2D eigenvalue weighted by atomic mass is 9.96. The Morgan fingerprint density at radius 2 is 1.55 bits per heavy atom. The lowest BCUT2D eigenvalue weighted by molar-refractivity contribution is -0.145. The number of hydrogen-bond acceptors (Lipinski definition) is 5. The van der Waals surface area contributed by atoms with Gasteiger partial charge in [-0.25, -0.2) is 0 Å². The molecule has 0 amide bonds. The molecule has 180 valence electrons. The van der Waals surface area contributed by atoms with E-state index in [1.54, 1.807) is 0 Å². The molecule has 0 aromatic rings. The maximum Gasteiger partial charge on any atom is 0.308 e. The number of hydrogen-bond donors (Lipinski definition) is 0. The van der Waals surface area contributed by atoms with Gasteiger partial charge in [0.15, 0.2) is 16.6 Å². The molecule has 5 atom stereocenters. The van der Waals surface area contributed by atoms with Crippen LogP contribution >= 0.6 is 0 Å². The van der Waals surface area contributed by atoms with E-state index >= 15 is 0 Å². The second kappa shape index (κ2) is 10.1. The first kappa shape index (κ1) is 28.4. The molecule has 0 bridgehead atoms. The van der Waals surface area contributed by atoms with E-state index in [0.29, 0.717) is 0 Å². The van der Waals surface area contributed by atoms with Crippen molar-refractivity contribution in [2.75, 3.05) is 7.11 Å².